The smallest absolute Gasteiger partial charge is 0.246 e. The van der Waals surface area contributed by atoms with Gasteiger partial charge in [-0.2, -0.15) is 13.2 Å². The lowest BCUT2D eigenvalue weighted by Gasteiger charge is -2.34. The van der Waals surface area contributed by atoms with Crippen LogP contribution in [0, 0.1) is 13.8 Å². The Balaban J connectivity index is 3.94. The second-order valence-electron chi connectivity index (χ2n) is 5.99. The zero-order chi connectivity index (χ0) is 17.3. The van der Waals surface area contributed by atoms with Crippen molar-refractivity contribution >= 4 is 7.85 Å². The lowest BCUT2D eigenvalue weighted by molar-refractivity contribution is -0.139. The molecule has 0 saturated heterocycles. The minimum atomic E-state index is -4.76. The molecular weight excluding hydrogens is 298 g/mol. The maximum absolute atomic E-state index is 13.4. The van der Waals surface area contributed by atoms with Gasteiger partial charge in [-0.05, 0) is 47.0 Å². The summed E-state index contributed by atoms with van der Waals surface area (Å²) in [5.41, 5.74) is -0.717. The van der Waals surface area contributed by atoms with Gasteiger partial charge in [0.1, 0.15) is 21.2 Å². The molecule has 0 atom stereocenters. The number of alkyl halides is 5. The highest BCUT2D eigenvalue weighted by atomic mass is 19.4. The van der Waals surface area contributed by atoms with E-state index in [1.807, 2.05) is 21.7 Å². The van der Waals surface area contributed by atoms with E-state index in [2.05, 4.69) is 0 Å². The monoisotopic (exact) mass is 320 g/mol. The zero-order valence-corrected chi connectivity index (χ0v) is 13.7. The van der Waals surface area contributed by atoms with Gasteiger partial charge in [0, 0.05) is 0 Å². The number of hydrogen-bond acceptors (Lipinski definition) is 0. The average molecular weight is 320 g/mol. The summed E-state index contributed by atoms with van der Waals surface area (Å²) in [5.74, 6) is 0. The molecule has 0 saturated carbocycles. The molecule has 0 bridgehead atoms. The molecule has 1 aromatic rings. The van der Waals surface area contributed by atoms with Crippen LogP contribution in [0.25, 0.3) is 0 Å². The first-order valence-corrected chi connectivity index (χ1v) is 7.43. The Kier molecular flexibility index (Phi) is 5.69. The zero-order valence-electron chi connectivity index (χ0n) is 13.7. The Bertz CT molecular complexity index is 513. The fourth-order valence-corrected chi connectivity index (χ4v) is 3.33. The Morgan fingerprint density at radius 3 is 1.41 bits per heavy atom. The molecule has 124 valence electrons. The summed E-state index contributed by atoms with van der Waals surface area (Å²) in [4.78, 5) is 0. The van der Waals surface area contributed by atoms with Crippen LogP contribution in [0.5, 0.6) is 0 Å². The molecule has 0 aliphatic heterocycles. The van der Waals surface area contributed by atoms with Crippen LogP contribution in [0.1, 0.15) is 60.1 Å². The largest absolute Gasteiger partial charge is 0.417 e. The first-order valence-electron chi connectivity index (χ1n) is 7.43. The van der Waals surface area contributed by atoms with E-state index in [0.29, 0.717) is 29.5 Å². The molecule has 0 aromatic heterocycles. The first-order chi connectivity index (χ1) is 10.1. The fourth-order valence-electron chi connectivity index (χ4n) is 3.33. The first kappa shape index (κ1) is 19.0. The van der Waals surface area contributed by atoms with E-state index in [1.165, 1.54) is 13.8 Å². The van der Waals surface area contributed by atoms with E-state index in [9.17, 15) is 22.0 Å². The Morgan fingerprint density at radius 1 is 0.818 bits per heavy atom. The quantitative estimate of drug-likeness (QED) is 0.534. The van der Waals surface area contributed by atoms with Crippen LogP contribution in [-0.4, -0.2) is 7.85 Å². The van der Waals surface area contributed by atoms with Crippen molar-refractivity contribution in [2.75, 3.05) is 0 Å². The molecule has 1 rings (SSSR count). The topological polar surface area (TPSA) is 0 Å². The van der Waals surface area contributed by atoms with Crippen LogP contribution in [0.2, 0.25) is 0 Å². The van der Waals surface area contributed by atoms with Crippen LogP contribution >= 0.6 is 0 Å². The molecule has 0 unspecified atom stereocenters. The second-order valence-corrected chi connectivity index (χ2v) is 5.99. The molecular formula is C16H22BF5. The van der Waals surface area contributed by atoms with Gasteiger partial charge in [0.05, 0.1) is 5.56 Å². The predicted molar refractivity (Wildman–Crippen MR) is 81.3 cm³/mol. The fraction of sp³-hybridized carbons (Fsp3) is 0.625. The summed E-state index contributed by atoms with van der Waals surface area (Å²) >= 11 is 0. The minimum Gasteiger partial charge on any atom is -0.246 e. The highest BCUT2D eigenvalue weighted by Gasteiger charge is 2.40. The maximum atomic E-state index is 13.4. The van der Waals surface area contributed by atoms with E-state index >= 15 is 0 Å². The molecule has 0 radical (unpaired) electrons. The van der Waals surface area contributed by atoms with Crippen molar-refractivity contribution in [3.05, 3.63) is 33.4 Å². The van der Waals surface area contributed by atoms with Gasteiger partial charge < -0.3 is 0 Å². The van der Waals surface area contributed by atoms with Gasteiger partial charge in [0.25, 0.3) is 0 Å². The summed E-state index contributed by atoms with van der Waals surface area (Å²) in [6.07, 6.45) is -3.38. The van der Waals surface area contributed by atoms with Crippen molar-refractivity contribution in [1.29, 1.82) is 0 Å². The summed E-state index contributed by atoms with van der Waals surface area (Å²) < 4.78 is 66.7. The predicted octanol–water partition coefficient (Wildman–Crippen LogP) is 4.91. The van der Waals surface area contributed by atoms with Crippen LogP contribution in [0.15, 0.2) is 0 Å². The normalized spacial score (nSPS) is 12.8. The third kappa shape index (κ3) is 3.02. The van der Waals surface area contributed by atoms with Gasteiger partial charge >= 0.3 is 6.18 Å². The van der Waals surface area contributed by atoms with Crippen molar-refractivity contribution in [1.82, 2.24) is 0 Å². The van der Waals surface area contributed by atoms with Crippen LogP contribution in [-0.2, 0) is 24.8 Å². The van der Waals surface area contributed by atoms with Gasteiger partial charge in [-0.15, -0.1) is 0 Å². The summed E-state index contributed by atoms with van der Waals surface area (Å²) in [6.45, 7) is 4.40. The molecule has 0 nitrogen and oxygen atoms in total. The maximum Gasteiger partial charge on any atom is 0.417 e. The van der Waals surface area contributed by atoms with E-state index in [0.717, 1.165) is 0 Å². The van der Waals surface area contributed by atoms with Crippen LogP contribution in [0.4, 0.5) is 22.0 Å². The minimum absolute atomic E-state index is 0.302. The van der Waals surface area contributed by atoms with E-state index in [1.54, 1.807) is 0 Å². The molecule has 0 fully saturated rings. The Labute approximate surface area is 129 Å². The van der Waals surface area contributed by atoms with Crippen molar-refractivity contribution in [3.63, 3.8) is 0 Å². The molecule has 0 aliphatic rings. The van der Waals surface area contributed by atoms with Gasteiger partial charge in [-0.25, -0.2) is 8.78 Å². The molecule has 0 N–H and O–H groups in total. The molecule has 0 spiro atoms. The molecule has 0 aliphatic carbocycles. The summed E-state index contributed by atoms with van der Waals surface area (Å²) in [7, 11) is 1.93. The summed E-state index contributed by atoms with van der Waals surface area (Å²) in [6, 6.07) is 0. The Morgan fingerprint density at radius 2 is 1.18 bits per heavy atom. The van der Waals surface area contributed by atoms with E-state index in [-0.39, 0.29) is 0 Å². The number of halogens is 5. The van der Waals surface area contributed by atoms with Crippen molar-refractivity contribution < 1.29 is 22.0 Å². The van der Waals surface area contributed by atoms with Gasteiger partial charge in [0.2, 0.25) is 0 Å². The third-order valence-electron chi connectivity index (χ3n) is 4.97. The van der Waals surface area contributed by atoms with E-state index < -0.39 is 41.5 Å². The lowest BCUT2D eigenvalue weighted by atomic mass is 9.58. The van der Waals surface area contributed by atoms with Gasteiger partial charge in [0.15, 0.2) is 0 Å². The highest BCUT2D eigenvalue weighted by molar-refractivity contribution is 6.16. The number of rotatable bonds is 5. The van der Waals surface area contributed by atoms with Gasteiger partial charge in [-0.1, -0.05) is 26.7 Å². The molecule has 0 heterocycles. The molecule has 1 aromatic carbocycles. The SMILES string of the molecule is BC(CC)(CC)c1c(C)c(CF)c(C(F)(F)F)c(CF)c1C. The molecule has 22 heavy (non-hydrogen) atoms. The molecule has 6 heteroatoms. The standard InChI is InChI=1S/C16H22BF5/c1-5-15(17,6-2)13-9(3)11(7-18)14(16(20,21)22)12(8-19)10(13)4/h5-8,17H2,1-4H3. The van der Waals surface area contributed by atoms with Crippen LogP contribution in [0.3, 0.4) is 0 Å². The summed E-state index contributed by atoms with van der Waals surface area (Å²) in [5, 5.41) is -0.397. The van der Waals surface area contributed by atoms with Crippen LogP contribution < -0.4 is 0 Å². The van der Waals surface area contributed by atoms with Crippen molar-refractivity contribution in [2.24, 2.45) is 0 Å². The lowest BCUT2D eigenvalue weighted by Crippen LogP contribution is -2.29. The molecule has 0 amide bonds. The van der Waals surface area contributed by atoms with Gasteiger partial charge in [-0.3, -0.25) is 0 Å². The van der Waals surface area contributed by atoms with E-state index in [4.69, 9.17) is 0 Å². The average Bonchev–Trinajstić information content (AvgIpc) is 2.45. The van der Waals surface area contributed by atoms with Crippen molar-refractivity contribution in [2.45, 2.75) is 65.4 Å². The third-order valence-corrected chi connectivity index (χ3v) is 4.97. The number of benzene rings is 1. The van der Waals surface area contributed by atoms with Crippen molar-refractivity contribution in [3.8, 4) is 0 Å². The Hall–Kier alpha value is -1.07. The highest BCUT2D eigenvalue weighted by Crippen LogP contribution is 2.44. The second kappa shape index (κ2) is 6.59. The number of hydrogen-bond donors (Lipinski definition) is 0.